The Balaban J connectivity index is 1.69. The summed E-state index contributed by atoms with van der Waals surface area (Å²) in [6.07, 6.45) is 0. The summed E-state index contributed by atoms with van der Waals surface area (Å²) >= 11 is 0. The molecule has 0 atom stereocenters. The summed E-state index contributed by atoms with van der Waals surface area (Å²) in [5, 5.41) is 7.06. The van der Waals surface area contributed by atoms with E-state index in [1.54, 1.807) is 0 Å². The van der Waals surface area contributed by atoms with Crippen LogP contribution < -0.4 is 10.6 Å². The molecule has 27 heavy (non-hydrogen) atoms. The Kier molecular flexibility index (Phi) is 5.16. The first-order valence-corrected chi connectivity index (χ1v) is 9.18. The molecule has 0 unspecified atom stereocenters. The highest BCUT2D eigenvalue weighted by atomic mass is 15.1. The topological polar surface area (TPSA) is 24.1 Å². The Morgan fingerprint density at radius 1 is 0.444 bits per heavy atom. The number of anilines is 2. The summed E-state index contributed by atoms with van der Waals surface area (Å²) in [6.45, 7) is 0.647. The zero-order chi connectivity index (χ0) is 18.3. The van der Waals surface area contributed by atoms with Gasteiger partial charge in [-0.1, -0.05) is 97.1 Å². The lowest BCUT2D eigenvalue weighted by molar-refractivity contribution is 1.22. The molecular weight excluding hydrogens is 328 g/mol. The van der Waals surface area contributed by atoms with E-state index in [-0.39, 0.29) is 0 Å². The van der Waals surface area contributed by atoms with Crippen molar-refractivity contribution in [3.8, 4) is 22.3 Å². The molecule has 4 rings (SSSR count). The Hall–Kier alpha value is -3.52. The van der Waals surface area contributed by atoms with E-state index in [2.05, 4.69) is 102 Å². The molecule has 4 aromatic rings. The fraction of sp³-hybridized carbons (Fsp3) is 0.0400. The van der Waals surface area contributed by atoms with Gasteiger partial charge in [0.1, 0.15) is 0 Å². The minimum absolute atomic E-state index is 0.647. The average Bonchev–Trinajstić information content (AvgIpc) is 2.76. The predicted molar refractivity (Wildman–Crippen MR) is 116 cm³/mol. The molecule has 4 aromatic carbocycles. The Morgan fingerprint density at radius 2 is 0.926 bits per heavy atom. The highest BCUT2D eigenvalue weighted by Gasteiger charge is 2.11. The molecule has 0 aliphatic carbocycles. The first-order chi connectivity index (χ1) is 13.4. The summed E-state index contributed by atoms with van der Waals surface area (Å²) in [5.41, 5.74) is 7.05. The van der Waals surface area contributed by atoms with Gasteiger partial charge in [-0.2, -0.15) is 0 Å². The standard InChI is InChI=1S/C25H22N2/c1-4-11-20(12-5-1)23-17-10-18-24(21-13-6-2-7-14-21)25(23)27-19-26-22-15-8-3-9-16-22/h1-18,26-27H,19H2. The predicted octanol–water partition coefficient (Wildman–Crippen LogP) is 6.50. The molecule has 0 aliphatic rings. The van der Waals surface area contributed by atoms with Crippen molar-refractivity contribution in [3.63, 3.8) is 0 Å². The second-order valence-electron chi connectivity index (χ2n) is 6.36. The van der Waals surface area contributed by atoms with E-state index >= 15 is 0 Å². The molecule has 0 radical (unpaired) electrons. The monoisotopic (exact) mass is 350 g/mol. The van der Waals surface area contributed by atoms with Crippen LogP contribution in [0, 0.1) is 0 Å². The SMILES string of the molecule is c1ccc(NCNc2c(-c3ccccc3)cccc2-c2ccccc2)cc1. The van der Waals surface area contributed by atoms with E-state index in [9.17, 15) is 0 Å². The molecular formula is C25H22N2. The molecule has 0 heterocycles. The molecule has 2 heteroatoms. The van der Waals surface area contributed by atoms with Crippen LogP contribution in [0.25, 0.3) is 22.3 Å². The van der Waals surface area contributed by atoms with Crippen molar-refractivity contribution in [1.29, 1.82) is 0 Å². The molecule has 0 aromatic heterocycles. The number of rotatable bonds is 6. The van der Waals surface area contributed by atoms with Gasteiger partial charge in [0.15, 0.2) is 0 Å². The van der Waals surface area contributed by atoms with Crippen LogP contribution in [0.15, 0.2) is 109 Å². The maximum atomic E-state index is 3.62. The number of hydrogen-bond acceptors (Lipinski definition) is 2. The fourth-order valence-corrected chi connectivity index (χ4v) is 3.25. The van der Waals surface area contributed by atoms with Crippen molar-refractivity contribution in [2.75, 3.05) is 17.3 Å². The maximum absolute atomic E-state index is 3.62. The molecule has 0 bridgehead atoms. The summed E-state index contributed by atoms with van der Waals surface area (Å²) < 4.78 is 0. The van der Waals surface area contributed by atoms with E-state index in [0.717, 1.165) is 11.4 Å². The zero-order valence-corrected chi connectivity index (χ0v) is 15.1. The van der Waals surface area contributed by atoms with Gasteiger partial charge in [0.25, 0.3) is 0 Å². The zero-order valence-electron chi connectivity index (χ0n) is 15.1. The van der Waals surface area contributed by atoms with E-state index in [1.165, 1.54) is 22.3 Å². The molecule has 0 spiro atoms. The minimum atomic E-state index is 0.647. The number of benzene rings is 4. The van der Waals surface area contributed by atoms with E-state index in [1.807, 2.05) is 18.2 Å². The van der Waals surface area contributed by atoms with Gasteiger partial charge in [0, 0.05) is 16.8 Å². The molecule has 0 saturated heterocycles. The largest absolute Gasteiger partial charge is 0.368 e. The van der Waals surface area contributed by atoms with Gasteiger partial charge in [0.2, 0.25) is 0 Å². The van der Waals surface area contributed by atoms with E-state index in [4.69, 9.17) is 0 Å². The fourth-order valence-electron chi connectivity index (χ4n) is 3.25. The van der Waals surface area contributed by atoms with Crippen molar-refractivity contribution in [2.45, 2.75) is 0 Å². The molecule has 0 amide bonds. The smallest absolute Gasteiger partial charge is 0.0849 e. The van der Waals surface area contributed by atoms with Crippen LogP contribution in [0.4, 0.5) is 11.4 Å². The van der Waals surface area contributed by atoms with Crippen LogP contribution in [-0.2, 0) is 0 Å². The second-order valence-corrected chi connectivity index (χ2v) is 6.36. The van der Waals surface area contributed by atoms with Gasteiger partial charge in [-0.05, 0) is 23.3 Å². The first-order valence-electron chi connectivity index (χ1n) is 9.18. The van der Waals surface area contributed by atoms with Gasteiger partial charge in [-0.15, -0.1) is 0 Å². The van der Waals surface area contributed by atoms with Crippen molar-refractivity contribution in [1.82, 2.24) is 0 Å². The third-order valence-electron chi connectivity index (χ3n) is 4.57. The van der Waals surface area contributed by atoms with Crippen molar-refractivity contribution in [2.24, 2.45) is 0 Å². The second kappa shape index (κ2) is 8.24. The minimum Gasteiger partial charge on any atom is -0.368 e. The third kappa shape index (κ3) is 4.01. The third-order valence-corrected chi connectivity index (χ3v) is 4.57. The van der Waals surface area contributed by atoms with Crippen LogP contribution >= 0.6 is 0 Å². The molecule has 2 N–H and O–H groups in total. The van der Waals surface area contributed by atoms with E-state index in [0.29, 0.717) is 6.67 Å². The number of para-hydroxylation sites is 2. The van der Waals surface area contributed by atoms with Crippen LogP contribution in [0.5, 0.6) is 0 Å². The van der Waals surface area contributed by atoms with Gasteiger partial charge in [0.05, 0.1) is 12.4 Å². The summed E-state index contributed by atoms with van der Waals surface area (Å²) in [6, 6.07) is 37.7. The highest BCUT2D eigenvalue weighted by molar-refractivity contribution is 5.90. The van der Waals surface area contributed by atoms with Gasteiger partial charge >= 0.3 is 0 Å². The van der Waals surface area contributed by atoms with Crippen molar-refractivity contribution in [3.05, 3.63) is 109 Å². The molecule has 132 valence electrons. The van der Waals surface area contributed by atoms with Crippen LogP contribution in [0.1, 0.15) is 0 Å². The van der Waals surface area contributed by atoms with E-state index < -0.39 is 0 Å². The molecule has 0 aliphatic heterocycles. The number of nitrogens with one attached hydrogen (secondary N) is 2. The lowest BCUT2D eigenvalue weighted by Crippen LogP contribution is -2.13. The van der Waals surface area contributed by atoms with Gasteiger partial charge in [-0.25, -0.2) is 0 Å². The molecule has 0 fully saturated rings. The normalized spacial score (nSPS) is 10.4. The lowest BCUT2D eigenvalue weighted by atomic mass is 9.96. The Morgan fingerprint density at radius 3 is 1.44 bits per heavy atom. The van der Waals surface area contributed by atoms with Crippen molar-refractivity contribution >= 4 is 11.4 Å². The summed E-state index contributed by atoms with van der Waals surface area (Å²) in [5.74, 6) is 0. The Bertz CT molecular complexity index is 923. The molecule has 2 nitrogen and oxygen atoms in total. The first kappa shape index (κ1) is 16.9. The highest BCUT2D eigenvalue weighted by Crippen LogP contribution is 2.36. The number of hydrogen-bond donors (Lipinski definition) is 2. The molecule has 0 saturated carbocycles. The van der Waals surface area contributed by atoms with Crippen LogP contribution in [-0.4, -0.2) is 6.67 Å². The summed E-state index contributed by atoms with van der Waals surface area (Å²) in [4.78, 5) is 0. The van der Waals surface area contributed by atoms with Gasteiger partial charge in [-0.3, -0.25) is 0 Å². The van der Waals surface area contributed by atoms with Crippen LogP contribution in [0.2, 0.25) is 0 Å². The summed E-state index contributed by atoms with van der Waals surface area (Å²) in [7, 11) is 0. The van der Waals surface area contributed by atoms with Gasteiger partial charge < -0.3 is 10.6 Å². The lowest BCUT2D eigenvalue weighted by Gasteiger charge is -2.18. The average molecular weight is 350 g/mol. The van der Waals surface area contributed by atoms with Crippen molar-refractivity contribution < 1.29 is 0 Å². The van der Waals surface area contributed by atoms with Crippen LogP contribution in [0.3, 0.4) is 0 Å². The maximum Gasteiger partial charge on any atom is 0.0849 e. The Labute approximate surface area is 160 Å². The quantitative estimate of drug-likeness (QED) is 0.388.